The first-order chi connectivity index (χ1) is 14.0. The van der Waals surface area contributed by atoms with E-state index in [1.54, 1.807) is 48.5 Å². The summed E-state index contributed by atoms with van der Waals surface area (Å²) >= 11 is 0. The van der Waals surface area contributed by atoms with Crippen LogP contribution in [0.15, 0.2) is 59.1 Å². The first-order valence-corrected chi connectivity index (χ1v) is 9.27. The Kier molecular flexibility index (Phi) is 7.08. The molecule has 7 heteroatoms. The second-order valence-corrected chi connectivity index (χ2v) is 6.62. The predicted molar refractivity (Wildman–Crippen MR) is 106 cm³/mol. The maximum atomic E-state index is 14.6. The van der Waals surface area contributed by atoms with Crippen molar-refractivity contribution in [2.75, 3.05) is 20.5 Å². The van der Waals surface area contributed by atoms with Crippen molar-refractivity contribution in [2.24, 2.45) is 0 Å². The van der Waals surface area contributed by atoms with E-state index in [4.69, 9.17) is 23.5 Å². The van der Waals surface area contributed by atoms with Crippen LogP contribution < -0.4 is 14.2 Å². The lowest BCUT2D eigenvalue weighted by molar-refractivity contribution is 0.0453. The second kappa shape index (κ2) is 9.93. The number of halogens is 1. The Morgan fingerprint density at radius 2 is 1.79 bits per heavy atom. The minimum Gasteiger partial charge on any atom is -0.491 e. The van der Waals surface area contributed by atoms with E-state index in [1.165, 1.54) is 7.11 Å². The summed E-state index contributed by atoms with van der Waals surface area (Å²) in [5.74, 6) is 2.09. The summed E-state index contributed by atoms with van der Waals surface area (Å²) in [6, 6.07) is 15.8. The van der Waals surface area contributed by atoms with E-state index in [1.807, 2.05) is 19.9 Å². The van der Waals surface area contributed by atoms with Crippen LogP contribution in [0.1, 0.15) is 25.6 Å². The maximum absolute atomic E-state index is 14.6. The van der Waals surface area contributed by atoms with Crippen molar-refractivity contribution in [3.05, 3.63) is 60.2 Å². The zero-order valence-electron chi connectivity index (χ0n) is 16.6. The van der Waals surface area contributed by atoms with Gasteiger partial charge in [0.15, 0.2) is 18.7 Å². The van der Waals surface area contributed by atoms with E-state index < -0.39 is 6.17 Å². The van der Waals surface area contributed by atoms with Crippen molar-refractivity contribution in [3.63, 3.8) is 0 Å². The molecule has 29 heavy (non-hydrogen) atoms. The minimum absolute atomic E-state index is 0.0325. The third-order valence-corrected chi connectivity index (χ3v) is 3.94. The number of rotatable bonds is 10. The fourth-order valence-electron chi connectivity index (χ4n) is 2.62. The highest BCUT2D eigenvalue weighted by Gasteiger charge is 2.13. The third-order valence-electron chi connectivity index (χ3n) is 3.94. The lowest BCUT2D eigenvalue weighted by Crippen LogP contribution is -2.08. The van der Waals surface area contributed by atoms with E-state index in [-0.39, 0.29) is 19.5 Å². The number of hydrogen-bond donors (Lipinski definition) is 0. The molecule has 0 aliphatic carbocycles. The summed E-state index contributed by atoms with van der Waals surface area (Å²) in [5.41, 5.74) is 1.32. The topological polar surface area (TPSA) is 63.0 Å². The fourth-order valence-corrected chi connectivity index (χ4v) is 2.62. The van der Waals surface area contributed by atoms with Crippen LogP contribution in [0.25, 0.3) is 11.3 Å². The summed E-state index contributed by atoms with van der Waals surface area (Å²) in [6.45, 7) is 3.86. The van der Waals surface area contributed by atoms with Crippen LogP contribution >= 0.6 is 0 Å². The maximum Gasteiger partial charge on any atom is 0.256 e. The molecule has 0 aliphatic rings. The van der Waals surface area contributed by atoms with Crippen LogP contribution in [0.3, 0.4) is 0 Å². The van der Waals surface area contributed by atoms with Gasteiger partial charge in [0.2, 0.25) is 0 Å². The number of hydrogen-bond acceptors (Lipinski definition) is 6. The van der Waals surface area contributed by atoms with Crippen LogP contribution in [0.2, 0.25) is 0 Å². The number of benzene rings is 2. The largest absolute Gasteiger partial charge is 0.491 e. The molecule has 2 aromatic carbocycles. The van der Waals surface area contributed by atoms with Gasteiger partial charge in [0.1, 0.15) is 18.1 Å². The van der Waals surface area contributed by atoms with Gasteiger partial charge in [-0.2, -0.15) is 0 Å². The van der Waals surface area contributed by atoms with Gasteiger partial charge in [-0.05, 0) is 61.0 Å². The molecule has 6 nitrogen and oxygen atoms in total. The van der Waals surface area contributed by atoms with Crippen LogP contribution in [0.5, 0.6) is 17.4 Å². The van der Waals surface area contributed by atoms with Crippen molar-refractivity contribution < 1.29 is 27.9 Å². The molecular weight excluding hydrogens is 377 g/mol. The van der Waals surface area contributed by atoms with E-state index in [2.05, 4.69) is 5.16 Å². The quantitative estimate of drug-likeness (QED) is 0.435. The SMILES string of the molecule is COCOc1cc(-c2ccc(OCC(F)c3cccc(OC(C)C)c3)cc2)on1. The highest BCUT2D eigenvalue weighted by molar-refractivity contribution is 5.59. The average molecular weight is 401 g/mol. The van der Waals surface area contributed by atoms with Crippen LogP contribution in [-0.2, 0) is 4.74 Å². The van der Waals surface area contributed by atoms with E-state index in [0.717, 1.165) is 5.56 Å². The number of nitrogens with zero attached hydrogens (tertiary/aromatic N) is 1. The highest BCUT2D eigenvalue weighted by atomic mass is 19.1. The standard InChI is InChI=1S/C22H24FNO5/c1-15(2)28-19-6-4-5-17(11-19)20(23)13-26-18-9-7-16(8-10-18)21-12-22(24-29-21)27-14-25-3/h4-12,15,20H,13-14H2,1-3H3. The summed E-state index contributed by atoms with van der Waals surface area (Å²) < 4.78 is 41.0. The molecule has 0 radical (unpaired) electrons. The number of aromatic nitrogens is 1. The zero-order valence-corrected chi connectivity index (χ0v) is 16.6. The van der Waals surface area contributed by atoms with Crippen LogP contribution in [-0.4, -0.2) is 31.8 Å². The van der Waals surface area contributed by atoms with E-state index in [0.29, 0.717) is 28.7 Å². The summed E-state index contributed by atoms with van der Waals surface area (Å²) in [5, 5.41) is 3.80. The predicted octanol–water partition coefficient (Wildman–Crippen LogP) is 5.20. The Morgan fingerprint density at radius 3 is 2.52 bits per heavy atom. The molecule has 3 rings (SSSR count). The molecule has 1 atom stereocenters. The first-order valence-electron chi connectivity index (χ1n) is 9.27. The fraction of sp³-hybridized carbons (Fsp3) is 0.318. The first kappa shape index (κ1) is 20.7. The molecule has 0 amide bonds. The molecule has 0 saturated carbocycles. The second-order valence-electron chi connectivity index (χ2n) is 6.62. The number of alkyl halides is 1. The molecule has 0 bridgehead atoms. The molecular formula is C22H24FNO5. The van der Waals surface area contributed by atoms with Crippen LogP contribution in [0, 0.1) is 0 Å². The van der Waals surface area contributed by atoms with Crippen molar-refractivity contribution >= 4 is 0 Å². The van der Waals surface area contributed by atoms with Gasteiger partial charge >= 0.3 is 0 Å². The number of ether oxygens (including phenoxy) is 4. The van der Waals surface area contributed by atoms with Gasteiger partial charge in [-0.15, -0.1) is 0 Å². The molecule has 154 valence electrons. The Bertz CT molecular complexity index is 894. The molecule has 0 fully saturated rings. The Labute approximate surface area is 169 Å². The minimum atomic E-state index is -1.26. The van der Waals surface area contributed by atoms with Crippen LogP contribution in [0.4, 0.5) is 4.39 Å². The van der Waals surface area contributed by atoms with Gasteiger partial charge in [-0.3, -0.25) is 0 Å². The molecule has 1 heterocycles. The van der Waals surface area contributed by atoms with Gasteiger partial charge in [0.05, 0.1) is 6.10 Å². The molecule has 1 aromatic heterocycles. The monoisotopic (exact) mass is 401 g/mol. The Balaban J connectivity index is 1.56. The molecule has 0 aliphatic heterocycles. The third kappa shape index (κ3) is 5.96. The Hall–Kier alpha value is -3.06. The van der Waals surface area contributed by atoms with E-state index in [9.17, 15) is 4.39 Å². The molecule has 0 N–H and O–H groups in total. The van der Waals surface area contributed by atoms with Crippen molar-refractivity contribution in [1.82, 2.24) is 5.16 Å². The van der Waals surface area contributed by atoms with Gasteiger partial charge in [0.25, 0.3) is 5.88 Å². The zero-order chi connectivity index (χ0) is 20.6. The lowest BCUT2D eigenvalue weighted by Gasteiger charge is -2.14. The Morgan fingerprint density at radius 1 is 1.00 bits per heavy atom. The highest BCUT2D eigenvalue weighted by Crippen LogP contribution is 2.27. The summed E-state index contributed by atoms with van der Waals surface area (Å²) in [7, 11) is 1.53. The van der Waals surface area contributed by atoms with Gasteiger partial charge < -0.3 is 23.5 Å². The summed E-state index contributed by atoms with van der Waals surface area (Å²) in [4.78, 5) is 0. The molecule has 0 spiro atoms. The molecule has 1 unspecified atom stereocenters. The average Bonchev–Trinajstić information content (AvgIpc) is 3.19. The van der Waals surface area contributed by atoms with E-state index >= 15 is 0 Å². The lowest BCUT2D eigenvalue weighted by atomic mass is 10.1. The smallest absolute Gasteiger partial charge is 0.256 e. The van der Waals surface area contributed by atoms with Crippen molar-refractivity contribution in [2.45, 2.75) is 26.1 Å². The normalized spacial score (nSPS) is 12.0. The van der Waals surface area contributed by atoms with Gasteiger partial charge in [0, 0.05) is 18.7 Å². The van der Waals surface area contributed by atoms with Gasteiger partial charge in [-0.1, -0.05) is 12.1 Å². The van der Waals surface area contributed by atoms with Crippen molar-refractivity contribution in [1.29, 1.82) is 0 Å². The van der Waals surface area contributed by atoms with Crippen molar-refractivity contribution in [3.8, 4) is 28.7 Å². The number of methoxy groups -OCH3 is 1. The molecule has 0 saturated heterocycles. The van der Waals surface area contributed by atoms with Gasteiger partial charge in [-0.25, -0.2) is 4.39 Å². The molecule has 3 aromatic rings. The summed E-state index contributed by atoms with van der Waals surface area (Å²) in [6.07, 6.45) is -1.23.